The van der Waals surface area contributed by atoms with Gasteiger partial charge in [0, 0.05) is 37.2 Å². The number of nitrogens with zero attached hydrogens (tertiary/aromatic N) is 2. The van der Waals surface area contributed by atoms with E-state index >= 15 is 0 Å². The van der Waals surface area contributed by atoms with Crippen LogP contribution in [0.1, 0.15) is 35.1 Å². The van der Waals surface area contributed by atoms with Gasteiger partial charge in [-0.05, 0) is 31.0 Å². The van der Waals surface area contributed by atoms with E-state index in [1.807, 2.05) is 37.7 Å². The lowest BCUT2D eigenvalue weighted by Gasteiger charge is -2.12. The maximum atomic E-state index is 12.1. The summed E-state index contributed by atoms with van der Waals surface area (Å²) < 4.78 is 1.84. The van der Waals surface area contributed by atoms with E-state index in [1.165, 1.54) is 0 Å². The molecular weight excluding hydrogens is 306 g/mol. The lowest BCUT2D eigenvalue weighted by Crippen LogP contribution is -2.30. The highest BCUT2D eigenvalue weighted by atomic mass is 16.2. The molecule has 7 nitrogen and oxygen atoms in total. The van der Waals surface area contributed by atoms with Gasteiger partial charge >= 0.3 is 6.03 Å². The number of anilines is 1. The van der Waals surface area contributed by atoms with Gasteiger partial charge in [-0.15, -0.1) is 0 Å². The third kappa shape index (κ3) is 4.58. The molecule has 2 aromatic rings. The van der Waals surface area contributed by atoms with Crippen LogP contribution >= 0.6 is 0 Å². The summed E-state index contributed by atoms with van der Waals surface area (Å²) in [5, 5.41) is 8.35. The van der Waals surface area contributed by atoms with Crippen molar-refractivity contribution in [3.05, 3.63) is 47.5 Å². The molecule has 7 heteroatoms. The van der Waals surface area contributed by atoms with E-state index in [-0.39, 0.29) is 11.9 Å². The van der Waals surface area contributed by atoms with Gasteiger partial charge in [0.1, 0.15) is 5.82 Å². The molecule has 0 bridgehead atoms. The van der Waals surface area contributed by atoms with E-state index in [0.717, 1.165) is 17.8 Å². The number of benzene rings is 1. The Morgan fingerprint density at radius 2 is 2.04 bits per heavy atom. The van der Waals surface area contributed by atoms with Crippen molar-refractivity contribution >= 4 is 17.6 Å². The molecule has 0 aliphatic heterocycles. The van der Waals surface area contributed by atoms with Crippen LogP contribution in [0, 0.1) is 6.92 Å². The van der Waals surface area contributed by atoms with E-state index in [2.05, 4.69) is 20.9 Å². The molecule has 0 saturated heterocycles. The van der Waals surface area contributed by atoms with Crippen LogP contribution in [0.3, 0.4) is 0 Å². The van der Waals surface area contributed by atoms with E-state index in [0.29, 0.717) is 24.3 Å². The highest BCUT2D eigenvalue weighted by Crippen LogP contribution is 2.17. The predicted molar refractivity (Wildman–Crippen MR) is 92.9 cm³/mol. The summed E-state index contributed by atoms with van der Waals surface area (Å²) in [4.78, 5) is 28.2. The van der Waals surface area contributed by atoms with Crippen LogP contribution in [-0.4, -0.2) is 28.0 Å². The van der Waals surface area contributed by atoms with Gasteiger partial charge in [-0.25, -0.2) is 9.78 Å². The van der Waals surface area contributed by atoms with Crippen LogP contribution < -0.4 is 16.0 Å². The van der Waals surface area contributed by atoms with Crippen LogP contribution in [0.15, 0.2) is 30.6 Å². The normalized spacial score (nSPS) is 10.3. The first-order chi connectivity index (χ1) is 11.5. The molecule has 1 heterocycles. The van der Waals surface area contributed by atoms with Gasteiger partial charge in [0.05, 0.1) is 6.54 Å². The van der Waals surface area contributed by atoms with Gasteiger partial charge in [-0.3, -0.25) is 4.79 Å². The minimum atomic E-state index is -0.341. The fourth-order valence-electron chi connectivity index (χ4n) is 2.13. The Morgan fingerprint density at radius 3 is 2.71 bits per heavy atom. The van der Waals surface area contributed by atoms with Crippen molar-refractivity contribution < 1.29 is 9.59 Å². The molecule has 0 fully saturated rings. The van der Waals surface area contributed by atoms with E-state index in [1.54, 1.807) is 18.3 Å². The third-order valence-corrected chi connectivity index (χ3v) is 3.61. The number of aromatic nitrogens is 2. The summed E-state index contributed by atoms with van der Waals surface area (Å²) in [6.45, 7) is 4.82. The molecule has 0 atom stereocenters. The Hall–Kier alpha value is -2.83. The largest absolute Gasteiger partial charge is 0.352 e. The van der Waals surface area contributed by atoms with Crippen molar-refractivity contribution in [3.8, 4) is 0 Å². The molecule has 0 unspecified atom stereocenters. The Bertz CT molecular complexity index is 724. The summed E-state index contributed by atoms with van der Waals surface area (Å²) in [7, 11) is 1.87. The number of hydrogen-bond donors (Lipinski definition) is 3. The molecular formula is C17H23N5O2. The standard InChI is InChI=1S/C17H23N5O2/c1-4-7-19-16(23)13-6-5-12(2)14(10-13)21-17(24)20-11-15-18-8-9-22(15)3/h5-6,8-10H,4,7,11H2,1-3H3,(H,19,23)(H2,20,21,24). The predicted octanol–water partition coefficient (Wildman–Crippen LogP) is 2.19. The minimum Gasteiger partial charge on any atom is -0.352 e. The molecule has 128 valence electrons. The van der Waals surface area contributed by atoms with Gasteiger partial charge in [0.15, 0.2) is 0 Å². The number of imidazole rings is 1. The van der Waals surface area contributed by atoms with E-state index < -0.39 is 0 Å². The number of urea groups is 1. The molecule has 1 aromatic carbocycles. The maximum Gasteiger partial charge on any atom is 0.319 e. The van der Waals surface area contributed by atoms with Gasteiger partial charge in [0.2, 0.25) is 0 Å². The zero-order chi connectivity index (χ0) is 17.5. The molecule has 0 saturated carbocycles. The summed E-state index contributed by atoms with van der Waals surface area (Å²) in [5.74, 6) is 0.614. The molecule has 0 aliphatic carbocycles. The number of nitrogens with one attached hydrogen (secondary N) is 3. The Balaban J connectivity index is 1.99. The number of hydrogen-bond acceptors (Lipinski definition) is 3. The van der Waals surface area contributed by atoms with E-state index in [4.69, 9.17) is 0 Å². The second kappa shape index (κ2) is 8.14. The van der Waals surface area contributed by atoms with Crippen LogP contribution in [-0.2, 0) is 13.6 Å². The Kier molecular flexibility index (Phi) is 5.95. The molecule has 24 heavy (non-hydrogen) atoms. The van der Waals surface area contributed by atoms with Crippen LogP contribution in [0.5, 0.6) is 0 Å². The van der Waals surface area contributed by atoms with Crippen molar-refractivity contribution in [2.75, 3.05) is 11.9 Å². The molecule has 0 spiro atoms. The number of carbonyl (C=O) groups is 2. The quantitative estimate of drug-likeness (QED) is 0.759. The second-order valence-corrected chi connectivity index (χ2v) is 5.55. The monoisotopic (exact) mass is 329 g/mol. The van der Waals surface area contributed by atoms with Gasteiger partial charge < -0.3 is 20.5 Å². The fourth-order valence-corrected chi connectivity index (χ4v) is 2.13. The molecule has 2 rings (SSSR count). The molecule has 0 radical (unpaired) electrons. The van der Waals surface area contributed by atoms with Crippen molar-refractivity contribution in [2.45, 2.75) is 26.8 Å². The molecule has 0 aliphatic rings. The SMILES string of the molecule is CCCNC(=O)c1ccc(C)c(NC(=O)NCc2nccn2C)c1. The lowest BCUT2D eigenvalue weighted by molar-refractivity contribution is 0.0953. The number of amides is 3. The minimum absolute atomic E-state index is 0.145. The lowest BCUT2D eigenvalue weighted by atomic mass is 10.1. The van der Waals surface area contributed by atoms with Crippen molar-refractivity contribution in [1.29, 1.82) is 0 Å². The fraction of sp³-hybridized carbons (Fsp3) is 0.353. The average molecular weight is 329 g/mol. The van der Waals surface area contributed by atoms with E-state index in [9.17, 15) is 9.59 Å². The number of carbonyl (C=O) groups excluding carboxylic acids is 2. The third-order valence-electron chi connectivity index (χ3n) is 3.61. The van der Waals surface area contributed by atoms with Crippen molar-refractivity contribution in [2.24, 2.45) is 7.05 Å². The Labute approximate surface area is 141 Å². The van der Waals surface area contributed by atoms with Crippen LogP contribution in [0.2, 0.25) is 0 Å². The van der Waals surface area contributed by atoms with Crippen molar-refractivity contribution in [3.63, 3.8) is 0 Å². The molecule has 3 amide bonds. The number of rotatable bonds is 6. The summed E-state index contributed by atoms with van der Waals surface area (Å²) in [6.07, 6.45) is 4.37. The number of aryl methyl sites for hydroxylation is 2. The summed E-state index contributed by atoms with van der Waals surface area (Å²) in [6, 6.07) is 4.90. The van der Waals surface area contributed by atoms with Crippen LogP contribution in [0.4, 0.5) is 10.5 Å². The van der Waals surface area contributed by atoms with Crippen molar-refractivity contribution in [1.82, 2.24) is 20.2 Å². The molecule has 3 N–H and O–H groups in total. The first kappa shape index (κ1) is 17.5. The van der Waals surface area contributed by atoms with Crippen LogP contribution in [0.25, 0.3) is 0 Å². The highest BCUT2D eigenvalue weighted by Gasteiger charge is 2.10. The second-order valence-electron chi connectivity index (χ2n) is 5.55. The van der Waals surface area contributed by atoms with Gasteiger partial charge in [-0.1, -0.05) is 13.0 Å². The highest BCUT2D eigenvalue weighted by molar-refractivity contribution is 5.97. The summed E-state index contributed by atoms with van der Waals surface area (Å²) >= 11 is 0. The topological polar surface area (TPSA) is 88.1 Å². The average Bonchev–Trinajstić information content (AvgIpc) is 2.97. The van der Waals surface area contributed by atoms with Gasteiger partial charge in [-0.2, -0.15) is 0 Å². The maximum absolute atomic E-state index is 12.1. The smallest absolute Gasteiger partial charge is 0.319 e. The zero-order valence-electron chi connectivity index (χ0n) is 14.2. The zero-order valence-corrected chi connectivity index (χ0v) is 14.2. The molecule has 1 aromatic heterocycles. The Morgan fingerprint density at radius 1 is 1.25 bits per heavy atom. The first-order valence-electron chi connectivity index (χ1n) is 7.91. The first-order valence-corrected chi connectivity index (χ1v) is 7.91. The summed E-state index contributed by atoms with van der Waals surface area (Å²) in [5.41, 5.74) is 2.01. The van der Waals surface area contributed by atoms with Gasteiger partial charge in [0.25, 0.3) is 5.91 Å².